The Kier molecular flexibility index (Phi) is 5.13. The van der Waals surface area contributed by atoms with Crippen LogP contribution in [-0.4, -0.2) is 11.7 Å². The summed E-state index contributed by atoms with van der Waals surface area (Å²) >= 11 is 1.39. The van der Waals surface area contributed by atoms with Crippen molar-refractivity contribution in [2.75, 3.05) is 11.1 Å². The van der Waals surface area contributed by atoms with Crippen LogP contribution in [0.2, 0.25) is 0 Å². The summed E-state index contributed by atoms with van der Waals surface area (Å²) < 4.78 is 37.3. The van der Waals surface area contributed by atoms with Gasteiger partial charge in [0.05, 0.1) is 11.3 Å². The van der Waals surface area contributed by atoms with E-state index in [9.17, 15) is 18.0 Å². The second kappa shape index (κ2) is 6.87. The van der Waals surface area contributed by atoms with Crippen LogP contribution in [0.4, 0.5) is 18.9 Å². The number of anilines is 1. The molecule has 0 heterocycles. The molecule has 0 fully saturated rings. The largest absolute Gasteiger partial charge is 0.416 e. The molecule has 0 atom stereocenters. The van der Waals surface area contributed by atoms with Crippen LogP contribution < -0.4 is 5.32 Å². The van der Waals surface area contributed by atoms with Gasteiger partial charge in [-0.25, -0.2) is 0 Å². The van der Waals surface area contributed by atoms with Gasteiger partial charge in [0, 0.05) is 10.6 Å². The van der Waals surface area contributed by atoms with E-state index in [-0.39, 0.29) is 11.7 Å². The number of thioether (sulfide) groups is 1. The molecule has 0 bridgehead atoms. The summed E-state index contributed by atoms with van der Waals surface area (Å²) in [4.78, 5) is 12.8. The Morgan fingerprint density at radius 2 is 1.73 bits per heavy atom. The fourth-order valence-electron chi connectivity index (χ4n) is 1.80. The van der Waals surface area contributed by atoms with E-state index in [0.717, 1.165) is 22.6 Å². The molecule has 0 saturated heterocycles. The Bertz CT molecular complexity index is 653. The predicted molar refractivity (Wildman–Crippen MR) is 82.0 cm³/mol. The highest BCUT2D eigenvalue weighted by atomic mass is 32.2. The lowest BCUT2D eigenvalue weighted by molar-refractivity contribution is -0.137. The third-order valence-corrected chi connectivity index (χ3v) is 4.12. The third-order valence-electron chi connectivity index (χ3n) is 2.95. The zero-order valence-electron chi connectivity index (χ0n) is 11.8. The van der Waals surface area contributed by atoms with Crippen molar-refractivity contribution >= 4 is 23.4 Å². The monoisotopic (exact) mass is 325 g/mol. The number of amides is 1. The molecule has 2 rings (SSSR count). The second-order valence-corrected chi connectivity index (χ2v) is 5.69. The summed E-state index contributed by atoms with van der Waals surface area (Å²) in [6.45, 7) is 1.95. The quantitative estimate of drug-likeness (QED) is 0.822. The van der Waals surface area contributed by atoms with E-state index in [1.165, 1.54) is 23.9 Å². The van der Waals surface area contributed by atoms with Crippen molar-refractivity contribution in [2.45, 2.75) is 18.0 Å². The Labute approximate surface area is 130 Å². The van der Waals surface area contributed by atoms with Crippen LogP contribution in [0.5, 0.6) is 0 Å². The van der Waals surface area contributed by atoms with Crippen molar-refractivity contribution in [3.63, 3.8) is 0 Å². The molecule has 0 saturated carbocycles. The third kappa shape index (κ3) is 4.53. The normalized spacial score (nSPS) is 11.3. The molecule has 0 radical (unpaired) electrons. The Hall–Kier alpha value is -1.95. The smallest absolute Gasteiger partial charge is 0.325 e. The van der Waals surface area contributed by atoms with Gasteiger partial charge < -0.3 is 5.32 Å². The van der Waals surface area contributed by atoms with Crippen molar-refractivity contribution in [2.24, 2.45) is 0 Å². The summed E-state index contributed by atoms with van der Waals surface area (Å²) in [6.07, 6.45) is -4.37. The SMILES string of the molecule is Cc1ccccc1SCC(=O)Nc1ccc(C(F)(F)F)cc1. The first-order chi connectivity index (χ1) is 10.4. The lowest BCUT2D eigenvalue weighted by Gasteiger charge is -2.09. The maximum atomic E-state index is 12.4. The molecule has 0 aromatic heterocycles. The first-order valence-corrected chi connectivity index (χ1v) is 7.50. The van der Waals surface area contributed by atoms with Crippen molar-refractivity contribution in [3.05, 3.63) is 59.7 Å². The first kappa shape index (κ1) is 16.4. The molecule has 2 nitrogen and oxygen atoms in total. The van der Waals surface area contributed by atoms with Gasteiger partial charge in [0.15, 0.2) is 0 Å². The number of carbonyl (C=O) groups is 1. The second-order valence-electron chi connectivity index (χ2n) is 4.68. The standard InChI is InChI=1S/C16H14F3NOS/c1-11-4-2-3-5-14(11)22-10-15(21)20-13-8-6-12(7-9-13)16(17,18)19/h2-9H,10H2,1H3,(H,20,21). The van der Waals surface area contributed by atoms with Crippen LogP contribution in [0.1, 0.15) is 11.1 Å². The summed E-state index contributed by atoms with van der Waals surface area (Å²) in [5.74, 6) is -0.0562. The zero-order valence-corrected chi connectivity index (χ0v) is 12.6. The van der Waals surface area contributed by atoms with Gasteiger partial charge in [-0.15, -0.1) is 11.8 Å². The molecule has 22 heavy (non-hydrogen) atoms. The van der Waals surface area contributed by atoms with Crippen molar-refractivity contribution in [3.8, 4) is 0 Å². The molecule has 116 valence electrons. The summed E-state index contributed by atoms with van der Waals surface area (Å²) in [6, 6.07) is 12.1. The minimum atomic E-state index is -4.37. The van der Waals surface area contributed by atoms with E-state index >= 15 is 0 Å². The maximum absolute atomic E-state index is 12.4. The minimum Gasteiger partial charge on any atom is -0.325 e. The number of rotatable bonds is 4. The highest BCUT2D eigenvalue weighted by Gasteiger charge is 2.29. The molecule has 0 unspecified atom stereocenters. The fourth-order valence-corrected chi connectivity index (χ4v) is 2.63. The van der Waals surface area contributed by atoms with Crippen LogP contribution in [0, 0.1) is 6.92 Å². The van der Waals surface area contributed by atoms with Gasteiger partial charge >= 0.3 is 6.18 Å². The van der Waals surface area contributed by atoms with E-state index in [1.54, 1.807) is 0 Å². The highest BCUT2D eigenvalue weighted by molar-refractivity contribution is 8.00. The molecule has 6 heteroatoms. The summed E-state index contributed by atoms with van der Waals surface area (Å²) in [5, 5.41) is 2.58. The highest BCUT2D eigenvalue weighted by Crippen LogP contribution is 2.30. The van der Waals surface area contributed by atoms with Crippen molar-refractivity contribution < 1.29 is 18.0 Å². The Morgan fingerprint density at radius 3 is 2.32 bits per heavy atom. The average Bonchev–Trinajstić information content (AvgIpc) is 2.46. The van der Waals surface area contributed by atoms with Crippen LogP contribution in [0.25, 0.3) is 0 Å². The molecule has 1 N–H and O–H groups in total. The molecule has 0 aliphatic carbocycles. The van der Waals surface area contributed by atoms with Gasteiger partial charge in [-0.1, -0.05) is 18.2 Å². The van der Waals surface area contributed by atoms with Gasteiger partial charge in [-0.2, -0.15) is 13.2 Å². The average molecular weight is 325 g/mol. The lowest BCUT2D eigenvalue weighted by atomic mass is 10.2. The van der Waals surface area contributed by atoms with Crippen molar-refractivity contribution in [1.82, 2.24) is 0 Å². The van der Waals surface area contributed by atoms with E-state index < -0.39 is 11.7 Å². The van der Waals surface area contributed by atoms with E-state index in [0.29, 0.717) is 5.69 Å². The topological polar surface area (TPSA) is 29.1 Å². The lowest BCUT2D eigenvalue weighted by Crippen LogP contribution is -2.14. The minimum absolute atomic E-state index is 0.200. The van der Waals surface area contributed by atoms with E-state index in [1.807, 2.05) is 31.2 Å². The van der Waals surface area contributed by atoms with Crippen LogP contribution >= 0.6 is 11.8 Å². The number of nitrogens with one attached hydrogen (secondary N) is 1. The molecule has 1 amide bonds. The summed E-state index contributed by atoms with van der Waals surface area (Å²) in [5.41, 5.74) is 0.693. The molecule has 2 aromatic rings. The van der Waals surface area contributed by atoms with E-state index in [4.69, 9.17) is 0 Å². The number of carbonyl (C=O) groups excluding carboxylic acids is 1. The predicted octanol–water partition coefficient (Wildman–Crippen LogP) is 4.74. The number of alkyl halides is 3. The van der Waals surface area contributed by atoms with E-state index in [2.05, 4.69) is 5.32 Å². The zero-order chi connectivity index (χ0) is 16.2. The number of hydrogen-bond acceptors (Lipinski definition) is 2. The van der Waals surface area contributed by atoms with Crippen molar-refractivity contribution in [1.29, 1.82) is 0 Å². The maximum Gasteiger partial charge on any atom is 0.416 e. The molecule has 0 aliphatic heterocycles. The van der Waals surface area contributed by atoms with Gasteiger partial charge in [0.25, 0.3) is 0 Å². The van der Waals surface area contributed by atoms with Crippen LogP contribution in [-0.2, 0) is 11.0 Å². The number of benzene rings is 2. The molecule has 2 aromatic carbocycles. The van der Waals surface area contributed by atoms with Crippen LogP contribution in [0.15, 0.2) is 53.4 Å². The van der Waals surface area contributed by atoms with Gasteiger partial charge in [0.2, 0.25) is 5.91 Å². The van der Waals surface area contributed by atoms with Crippen LogP contribution in [0.3, 0.4) is 0 Å². The van der Waals surface area contributed by atoms with Gasteiger partial charge in [0.1, 0.15) is 0 Å². The fraction of sp³-hybridized carbons (Fsp3) is 0.188. The molecule has 0 aliphatic rings. The van der Waals surface area contributed by atoms with Gasteiger partial charge in [-0.3, -0.25) is 4.79 Å². The Morgan fingerprint density at radius 1 is 1.09 bits per heavy atom. The molecular formula is C16H14F3NOS. The number of hydrogen-bond donors (Lipinski definition) is 1. The molecular weight excluding hydrogens is 311 g/mol. The summed E-state index contributed by atoms with van der Waals surface area (Å²) in [7, 11) is 0. The number of halogens is 3. The first-order valence-electron chi connectivity index (χ1n) is 6.52. The number of aryl methyl sites for hydroxylation is 1. The van der Waals surface area contributed by atoms with Gasteiger partial charge in [-0.05, 0) is 42.8 Å². The molecule has 0 spiro atoms. The Balaban J connectivity index is 1.91.